The number of aryl methyl sites for hydroxylation is 1. The van der Waals surface area contributed by atoms with Gasteiger partial charge in [-0.15, -0.1) is 0 Å². The predicted molar refractivity (Wildman–Crippen MR) is 69.5 cm³/mol. The van der Waals surface area contributed by atoms with Gasteiger partial charge in [0, 0.05) is 17.8 Å². The molecule has 0 aliphatic rings. The Bertz CT molecular complexity index is 581. The van der Waals surface area contributed by atoms with Crippen molar-refractivity contribution in [1.82, 2.24) is 4.98 Å². The number of aliphatic carboxylic acids is 1. The quantitative estimate of drug-likeness (QED) is 0.918. The van der Waals surface area contributed by atoms with Gasteiger partial charge in [0.1, 0.15) is 5.82 Å². The van der Waals surface area contributed by atoms with E-state index in [1.54, 1.807) is 6.07 Å². The Kier molecular flexibility index (Phi) is 3.90. The molecule has 0 aliphatic carbocycles. The van der Waals surface area contributed by atoms with Crippen LogP contribution in [-0.2, 0) is 11.2 Å². The highest BCUT2D eigenvalue weighted by Gasteiger charge is 2.21. The van der Waals surface area contributed by atoms with Crippen molar-refractivity contribution in [2.75, 3.05) is 0 Å². The summed E-state index contributed by atoms with van der Waals surface area (Å²) in [5, 5.41) is 9.31. The first-order valence-electron chi connectivity index (χ1n) is 5.97. The number of aromatic nitrogens is 1. The Morgan fingerprint density at radius 3 is 2.53 bits per heavy atom. The third kappa shape index (κ3) is 3.37. The molecular formula is C15H14FNO2. The predicted octanol–water partition coefficient (Wildman–Crippen LogP) is 2.94. The molecule has 1 heterocycles. The second kappa shape index (κ2) is 5.61. The van der Waals surface area contributed by atoms with Crippen LogP contribution in [0.5, 0.6) is 0 Å². The summed E-state index contributed by atoms with van der Waals surface area (Å²) in [7, 11) is 0. The van der Waals surface area contributed by atoms with E-state index in [0.717, 1.165) is 11.4 Å². The van der Waals surface area contributed by atoms with Gasteiger partial charge in [-0.1, -0.05) is 18.2 Å². The first-order valence-corrected chi connectivity index (χ1v) is 5.97. The lowest BCUT2D eigenvalue weighted by Crippen LogP contribution is -2.15. The fraction of sp³-hybridized carbons (Fsp3) is 0.200. The smallest absolute Gasteiger partial charge is 0.311 e. The average Bonchev–Trinajstić information content (AvgIpc) is 2.37. The second-order valence-electron chi connectivity index (χ2n) is 4.42. The van der Waals surface area contributed by atoms with E-state index in [1.807, 2.05) is 19.1 Å². The average molecular weight is 259 g/mol. The first-order chi connectivity index (χ1) is 9.06. The largest absolute Gasteiger partial charge is 0.481 e. The molecule has 0 aliphatic heterocycles. The van der Waals surface area contributed by atoms with Crippen LogP contribution in [0.2, 0.25) is 0 Å². The van der Waals surface area contributed by atoms with E-state index >= 15 is 0 Å². The molecular weight excluding hydrogens is 245 g/mol. The first kappa shape index (κ1) is 13.2. The highest BCUT2D eigenvalue weighted by Crippen LogP contribution is 2.21. The molecule has 0 fully saturated rings. The van der Waals surface area contributed by atoms with Crippen LogP contribution >= 0.6 is 0 Å². The number of pyridine rings is 1. The number of nitrogens with zero attached hydrogens (tertiary/aromatic N) is 1. The molecule has 0 spiro atoms. The molecule has 1 atom stereocenters. The minimum Gasteiger partial charge on any atom is -0.481 e. The third-order valence-corrected chi connectivity index (χ3v) is 2.93. The van der Waals surface area contributed by atoms with Gasteiger partial charge in [0.15, 0.2) is 0 Å². The van der Waals surface area contributed by atoms with Gasteiger partial charge in [0.2, 0.25) is 0 Å². The Balaban J connectivity index is 2.26. The zero-order valence-electron chi connectivity index (χ0n) is 10.5. The molecule has 0 amide bonds. The summed E-state index contributed by atoms with van der Waals surface area (Å²) >= 11 is 0. The minimum atomic E-state index is -0.935. The molecule has 3 nitrogen and oxygen atoms in total. The van der Waals surface area contributed by atoms with Crippen molar-refractivity contribution in [3.63, 3.8) is 0 Å². The normalized spacial score (nSPS) is 12.1. The summed E-state index contributed by atoms with van der Waals surface area (Å²) in [6, 6.07) is 11.1. The van der Waals surface area contributed by atoms with Crippen LogP contribution in [0, 0.1) is 12.7 Å². The van der Waals surface area contributed by atoms with E-state index in [-0.39, 0.29) is 5.82 Å². The van der Waals surface area contributed by atoms with Crippen LogP contribution in [0.1, 0.15) is 22.9 Å². The molecule has 4 heteroatoms. The molecule has 0 saturated heterocycles. The Morgan fingerprint density at radius 1 is 1.26 bits per heavy atom. The highest BCUT2D eigenvalue weighted by atomic mass is 19.1. The number of halogens is 1. The molecule has 1 aromatic heterocycles. The summed E-state index contributed by atoms with van der Waals surface area (Å²) in [5.74, 6) is -2.02. The molecule has 1 unspecified atom stereocenters. The van der Waals surface area contributed by atoms with Crippen molar-refractivity contribution in [3.05, 3.63) is 65.2 Å². The van der Waals surface area contributed by atoms with Crippen molar-refractivity contribution in [2.45, 2.75) is 19.3 Å². The molecule has 2 aromatic rings. The van der Waals surface area contributed by atoms with E-state index in [2.05, 4.69) is 4.98 Å². The van der Waals surface area contributed by atoms with Crippen molar-refractivity contribution in [2.24, 2.45) is 0 Å². The maximum Gasteiger partial charge on any atom is 0.311 e. The Labute approximate surface area is 110 Å². The van der Waals surface area contributed by atoms with Crippen molar-refractivity contribution >= 4 is 5.97 Å². The molecule has 98 valence electrons. The van der Waals surface area contributed by atoms with Crippen LogP contribution in [0.25, 0.3) is 0 Å². The molecule has 19 heavy (non-hydrogen) atoms. The lowest BCUT2D eigenvalue weighted by Gasteiger charge is -2.12. The Hall–Kier alpha value is -2.23. The SMILES string of the molecule is Cc1cccc(CC(C(=O)O)c2ccc(F)cc2)n1. The maximum atomic E-state index is 12.9. The highest BCUT2D eigenvalue weighted by molar-refractivity contribution is 5.76. The third-order valence-electron chi connectivity index (χ3n) is 2.93. The van der Waals surface area contributed by atoms with Crippen LogP contribution in [0.3, 0.4) is 0 Å². The summed E-state index contributed by atoms with van der Waals surface area (Å²) < 4.78 is 12.9. The molecule has 1 N–H and O–H groups in total. The summed E-state index contributed by atoms with van der Waals surface area (Å²) in [6.07, 6.45) is 0.294. The zero-order valence-corrected chi connectivity index (χ0v) is 10.5. The van der Waals surface area contributed by atoms with Crippen LogP contribution < -0.4 is 0 Å². The second-order valence-corrected chi connectivity index (χ2v) is 4.42. The van der Waals surface area contributed by atoms with Gasteiger partial charge in [0.05, 0.1) is 5.92 Å². The topological polar surface area (TPSA) is 50.2 Å². The molecule has 0 saturated carbocycles. The standard InChI is InChI=1S/C15H14FNO2/c1-10-3-2-4-13(17-10)9-14(15(18)19)11-5-7-12(16)8-6-11/h2-8,14H,9H2,1H3,(H,18,19). The summed E-state index contributed by atoms with van der Waals surface area (Å²) in [4.78, 5) is 15.7. The van der Waals surface area contributed by atoms with Crippen LogP contribution in [0.4, 0.5) is 4.39 Å². The van der Waals surface area contributed by atoms with E-state index < -0.39 is 11.9 Å². The van der Waals surface area contributed by atoms with Gasteiger partial charge in [0.25, 0.3) is 0 Å². The van der Waals surface area contributed by atoms with Gasteiger partial charge in [-0.2, -0.15) is 0 Å². The Morgan fingerprint density at radius 2 is 1.95 bits per heavy atom. The van der Waals surface area contributed by atoms with Crippen molar-refractivity contribution < 1.29 is 14.3 Å². The lowest BCUT2D eigenvalue weighted by atomic mass is 9.94. The number of benzene rings is 1. The zero-order chi connectivity index (χ0) is 13.8. The molecule has 1 aromatic carbocycles. The minimum absolute atomic E-state index is 0.294. The van der Waals surface area contributed by atoms with Gasteiger partial charge < -0.3 is 5.11 Å². The van der Waals surface area contributed by atoms with E-state index in [4.69, 9.17) is 0 Å². The van der Waals surface area contributed by atoms with Crippen molar-refractivity contribution in [1.29, 1.82) is 0 Å². The van der Waals surface area contributed by atoms with Crippen molar-refractivity contribution in [3.8, 4) is 0 Å². The van der Waals surface area contributed by atoms with Gasteiger partial charge in [-0.25, -0.2) is 4.39 Å². The number of carboxylic acid groups (broad SMARTS) is 1. The fourth-order valence-electron chi connectivity index (χ4n) is 1.97. The van der Waals surface area contributed by atoms with E-state index in [1.165, 1.54) is 24.3 Å². The number of carboxylic acids is 1. The van der Waals surface area contributed by atoms with Gasteiger partial charge in [-0.3, -0.25) is 9.78 Å². The number of hydrogen-bond acceptors (Lipinski definition) is 2. The molecule has 0 radical (unpaired) electrons. The summed E-state index contributed by atoms with van der Waals surface area (Å²) in [5.41, 5.74) is 2.15. The van der Waals surface area contributed by atoms with E-state index in [0.29, 0.717) is 12.0 Å². The maximum absolute atomic E-state index is 12.9. The number of hydrogen-bond donors (Lipinski definition) is 1. The lowest BCUT2D eigenvalue weighted by molar-refractivity contribution is -0.138. The van der Waals surface area contributed by atoms with Gasteiger partial charge >= 0.3 is 5.97 Å². The fourth-order valence-corrected chi connectivity index (χ4v) is 1.97. The number of rotatable bonds is 4. The van der Waals surface area contributed by atoms with E-state index in [9.17, 15) is 14.3 Å². The van der Waals surface area contributed by atoms with Crippen LogP contribution in [-0.4, -0.2) is 16.1 Å². The molecule has 0 bridgehead atoms. The molecule has 2 rings (SSSR count). The summed E-state index contributed by atoms with van der Waals surface area (Å²) in [6.45, 7) is 1.86. The van der Waals surface area contributed by atoms with Gasteiger partial charge in [-0.05, 0) is 36.8 Å². The number of carbonyl (C=O) groups is 1. The monoisotopic (exact) mass is 259 g/mol. The van der Waals surface area contributed by atoms with Crippen LogP contribution in [0.15, 0.2) is 42.5 Å².